The normalized spacial score (nSPS) is 15.6. The van der Waals surface area contributed by atoms with Crippen LogP contribution in [0.1, 0.15) is 44.0 Å². The first-order valence-corrected chi connectivity index (χ1v) is 11.5. The first kappa shape index (κ1) is 22.4. The standard InChI is InChI=1S/C25H32N4O3/c1-19(2)32-17-16-28-24-9-4-3-8-23(24)26-25(28)21-11-14-27(15-12-21)13-10-20-6-5-7-22(18-20)29(30)31/h3-9,18-19,21H,10-17H2,1-2H3. The van der Waals surface area contributed by atoms with E-state index in [9.17, 15) is 10.1 Å². The Labute approximate surface area is 189 Å². The van der Waals surface area contributed by atoms with Gasteiger partial charge in [0, 0.05) is 31.1 Å². The van der Waals surface area contributed by atoms with Crippen molar-refractivity contribution in [2.24, 2.45) is 0 Å². The number of non-ortho nitro benzene ring substituents is 1. The molecular weight excluding hydrogens is 404 g/mol. The molecule has 0 amide bonds. The van der Waals surface area contributed by atoms with E-state index in [0.717, 1.165) is 56.5 Å². The summed E-state index contributed by atoms with van der Waals surface area (Å²) in [5.41, 5.74) is 3.43. The Morgan fingerprint density at radius 1 is 1.12 bits per heavy atom. The van der Waals surface area contributed by atoms with Gasteiger partial charge in [-0.3, -0.25) is 10.1 Å². The molecule has 1 saturated heterocycles. The summed E-state index contributed by atoms with van der Waals surface area (Å²) < 4.78 is 8.17. The van der Waals surface area contributed by atoms with Gasteiger partial charge in [0.2, 0.25) is 0 Å². The van der Waals surface area contributed by atoms with Crippen LogP contribution in [0.25, 0.3) is 11.0 Å². The molecule has 1 aromatic heterocycles. The predicted octanol–water partition coefficient (Wildman–Crippen LogP) is 4.79. The first-order chi connectivity index (χ1) is 15.5. The fourth-order valence-corrected chi connectivity index (χ4v) is 4.55. The van der Waals surface area contributed by atoms with E-state index in [1.807, 2.05) is 12.1 Å². The van der Waals surface area contributed by atoms with Crippen LogP contribution < -0.4 is 0 Å². The van der Waals surface area contributed by atoms with Crippen molar-refractivity contribution in [2.45, 2.75) is 51.7 Å². The lowest BCUT2D eigenvalue weighted by molar-refractivity contribution is -0.384. The minimum absolute atomic E-state index is 0.168. The fourth-order valence-electron chi connectivity index (χ4n) is 4.55. The van der Waals surface area contributed by atoms with E-state index in [-0.39, 0.29) is 16.7 Å². The fraction of sp³-hybridized carbons (Fsp3) is 0.480. The molecule has 2 heterocycles. The third-order valence-corrected chi connectivity index (χ3v) is 6.24. The van der Waals surface area contributed by atoms with Crippen LogP contribution in [0.4, 0.5) is 5.69 Å². The van der Waals surface area contributed by atoms with Gasteiger partial charge in [0.05, 0.1) is 28.7 Å². The van der Waals surface area contributed by atoms with Gasteiger partial charge in [0.15, 0.2) is 0 Å². The molecule has 32 heavy (non-hydrogen) atoms. The second-order valence-corrected chi connectivity index (χ2v) is 8.82. The lowest BCUT2D eigenvalue weighted by Gasteiger charge is -2.32. The molecule has 170 valence electrons. The summed E-state index contributed by atoms with van der Waals surface area (Å²) in [5.74, 6) is 1.62. The number of nitrogens with zero attached hydrogens (tertiary/aromatic N) is 4. The zero-order chi connectivity index (χ0) is 22.5. The molecule has 0 radical (unpaired) electrons. The minimum Gasteiger partial charge on any atom is -0.377 e. The molecule has 7 nitrogen and oxygen atoms in total. The Kier molecular flexibility index (Phi) is 7.17. The summed E-state index contributed by atoms with van der Waals surface area (Å²) in [7, 11) is 0. The van der Waals surface area contributed by atoms with Gasteiger partial charge in [-0.25, -0.2) is 4.98 Å². The highest BCUT2D eigenvalue weighted by Crippen LogP contribution is 2.30. The zero-order valence-corrected chi connectivity index (χ0v) is 18.9. The average molecular weight is 437 g/mol. The molecule has 4 rings (SSSR count). The van der Waals surface area contributed by atoms with E-state index >= 15 is 0 Å². The Bertz CT molecular complexity index is 1050. The maximum absolute atomic E-state index is 11.0. The van der Waals surface area contributed by atoms with Crippen LogP contribution in [0.5, 0.6) is 0 Å². The molecule has 0 saturated carbocycles. The number of likely N-dealkylation sites (tertiary alicyclic amines) is 1. The topological polar surface area (TPSA) is 73.4 Å². The second kappa shape index (κ2) is 10.2. The van der Waals surface area contributed by atoms with Gasteiger partial charge in [-0.15, -0.1) is 0 Å². The smallest absolute Gasteiger partial charge is 0.269 e. The van der Waals surface area contributed by atoms with E-state index in [1.165, 1.54) is 11.3 Å². The number of nitro benzene ring substituents is 1. The summed E-state index contributed by atoms with van der Waals surface area (Å²) in [5, 5.41) is 11.0. The van der Waals surface area contributed by atoms with Crippen LogP contribution in [0.2, 0.25) is 0 Å². The van der Waals surface area contributed by atoms with Crippen LogP contribution in [-0.2, 0) is 17.7 Å². The molecule has 0 spiro atoms. The highest BCUT2D eigenvalue weighted by atomic mass is 16.6. The number of hydrogen-bond donors (Lipinski definition) is 0. The number of aromatic nitrogens is 2. The van der Waals surface area contributed by atoms with Crippen LogP contribution in [-0.4, -0.2) is 51.7 Å². The minimum atomic E-state index is -0.326. The number of hydrogen-bond acceptors (Lipinski definition) is 5. The largest absolute Gasteiger partial charge is 0.377 e. The highest BCUT2D eigenvalue weighted by Gasteiger charge is 2.25. The summed E-state index contributed by atoms with van der Waals surface area (Å²) >= 11 is 0. The molecule has 1 aliphatic rings. The average Bonchev–Trinajstić information content (AvgIpc) is 3.16. The van der Waals surface area contributed by atoms with Gasteiger partial charge in [0.1, 0.15) is 5.82 Å². The maximum Gasteiger partial charge on any atom is 0.269 e. The van der Waals surface area contributed by atoms with E-state index in [2.05, 4.69) is 41.5 Å². The lowest BCUT2D eigenvalue weighted by Crippen LogP contribution is -2.35. The van der Waals surface area contributed by atoms with Gasteiger partial charge in [-0.2, -0.15) is 0 Å². The van der Waals surface area contributed by atoms with Gasteiger partial charge in [0.25, 0.3) is 5.69 Å². The number of fused-ring (bicyclic) bond motifs is 1. The number of nitro groups is 1. The molecule has 7 heteroatoms. The van der Waals surface area contributed by atoms with E-state index in [4.69, 9.17) is 9.72 Å². The summed E-state index contributed by atoms with van der Waals surface area (Å²) in [6.45, 7) is 8.60. The molecule has 0 N–H and O–H groups in total. The van der Waals surface area contributed by atoms with E-state index in [1.54, 1.807) is 18.2 Å². The summed E-state index contributed by atoms with van der Waals surface area (Å²) in [6, 6.07) is 15.3. The Morgan fingerprint density at radius 2 is 1.91 bits per heavy atom. The Hall–Kier alpha value is -2.77. The van der Waals surface area contributed by atoms with Crippen molar-refractivity contribution in [3.8, 4) is 0 Å². The molecular formula is C25H32N4O3. The van der Waals surface area contributed by atoms with Crippen molar-refractivity contribution >= 4 is 16.7 Å². The Balaban J connectivity index is 1.38. The van der Waals surface area contributed by atoms with E-state index in [0.29, 0.717) is 12.5 Å². The number of rotatable bonds is 9. The van der Waals surface area contributed by atoms with Crippen molar-refractivity contribution in [3.05, 3.63) is 70.0 Å². The van der Waals surface area contributed by atoms with Crippen molar-refractivity contribution in [1.29, 1.82) is 0 Å². The SMILES string of the molecule is CC(C)OCCn1c(C2CCN(CCc3cccc([N+](=O)[O-])c3)CC2)nc2ccccc21. The lowest BCUT2D eigenvalue weighted by atomic mass is 9.95. The van der Waals surface area contributed by atoms with Crippen molar-refractivity contribution in [1.82, 2.24) is 14.5 Å². The van der Waals surface area contributed by atoms with Crippen LogP contribution in [0, 0.1) is 10.1 Å². The van der Waals surface area contributed by atoms with E-state index < -0.39 is 0 Å². The van der Waals surface area contributed by atoms with Gasteiger partial charge >= 0.3 is 0 Å². The summed E-state index contributed by atoms with van der Waals surface area (Å²) in [6.07, 6.45) is 3.20. The number of ether oxygens (including phenoxy) is 1. The van der Waals surface area contributed by atoms with Gasteiger partial charge in [-0.05, 0) is 63.9 Å². The molecule has 0 bridgehead atoms. The summed E-state index contributed by atoms with van der Waals surface area (Å²) in [4.78, 5) is 18.1. The molecule has 1 aliphatic heterocycles. The molecule has 2 aromatic carbocycles. The Morgan fingerprint density at radius 3 is 2.66 bits per heavy atom. The number of piperidine rings is 1. The highest BCUT2D eigenvalue weighted by molar-refractivity contribution is 5.76. The quantitative estimate of drug-likeness (QED) is 0.356. The van der Waals surface area contributed by atoms with Crippen molar-refractivity contribution in [3.63, 3.8) is 0 Å². The number of imidazole rings is 1. The van der Waals surface area contributed by atoms with Gasteiger partial charge in [-0.1, -0.05) is 24.3 Å². The third-order valence-electron chi connectivity index (χ3n) is 6.24. The van der Waals surface area contributed by atoms with Crippen molar-refractivity contribution < 1.29 is 9.66 Å². The predicted molar refractivity (Wildman–Crippen MR) is 126 cm³/mol. The molecule has 0 atom stereocenters. The molecule has 0 aliphatic carbocycles. The monoisotopic (exact) mass is 436 g/mol. The van der Waals surface area contributed by atoms with Crippen LogP contribution >= 0.6 is 0 Å². The molecule has 0 unspecified atom stereocenters. The molecule has 3 aromatic rings. The van der Waals surface area contributed by atoms with Crippen molar-refractivity contribution in [2.75, 3.05) is 26.2 Å². The third kappa shape index (κ3) is 5.34. The van der Waals surface area contributed by atoms with Gasteiger partial charge < -0.3 is 14.2 Å². The maximum atomic E-state index is 11.0. The first-order valence-electron chi connectivity index (χ1n) is 11.5. The van der Waals surface area contributed by atoms with Crippen LogP contribution in [0.3, 0.4) is 0 Å². The number of benzene rings is 2. The van der Waals surface area contributed by atoms with Crippen LogP contribution in [0.15, 0.2) is 48.5 Å². The zero-order valence-electron chi connectivity index (χ0n) is 18.9. The second-order valence-electron chi connectivity index (χ2n) is 8.82. The number of para-hydroxylation sites is 2. The molecule has 1 fully saturated rings.